The Morgan fingerprint density at radius 1 is 1.17 bits per heavy atom. The minimum Gasteiger partial charge on any atom is -0.337 e. The van der Waals surface area contributed by atoms with E-state index < -0.39 is 0 Å². The molecule has 0 unspecified atom stereocenters. The van der Waals surface area contributed by atoms with Crippen molar-refractivity contribution in [3.8, 4) is 5.69 Å². The van der Waals surface area contributed by atoms with Gasteiger partial charge in [-0.2, -0.15) is 5.10 Å². The van der Waals surface area contributed by atoms with Crippen LogP contribution in [0.25, 0.3) is 5.69 Å². The quantitative estimate of drug-likeness (QED) is 0.867. The van der Waals surface area contributed by atoms with E-state index in [2.05, 4.69) is 17.0 Å². The molecule has 0 spiro atoms. The maximum atomic E-state index is 13.1. The molecule has 1 fully saturated rings. The fourth-order valence-electron chi connectivity index (χ4n) is 3.12. The largest absolute Gasteiger partial charge is 0.337 e. The third-order valence-electron chi connectivity index (χ3n) is 4.51. The molecule has 24 heavy (non-hydrogen) atoms. The van der Waals surface area contributed by atoms with Gasteiger partial charge in [-0.05, 0) is 50.7 Å². The van der Waals surface area contributed by atoms with Crippen molar-refractivity contribution in [2.75, 3.05) is 33.2 Å². The molecule has 1 aromatic heterocycles. The second kappa shape index (κ2) is 7.13. The zero-order valence-electron chi connectivity index (χ0n) is 14.2. The van der Waals surface area contributed by atoms with Gasteiger partial charge < -0.3 is 9.80 Å². The molecule has 0 atom stereocenters. The van der Waals surface area contributed by atoms with Crippen LogP contribution in [-0.4, -0.2) is 58.7 Å². The number of halogens is 1. The van der Waals surface area contributed by atoms with E-state index in [1.165, 1.54) is 12.1 Å². The number of hydrogen-bond donors (Lipinski definition) is 0. The monoisotopic (exact) mass is 330 g/mol. The van der Waals surface area contributed by atoms with Crippen molar-refractivity contribution >= 4 is 5.91 Å². The van der Waals surface area contributed by atoms with Gasteiger partial charge in [-0.25, -0.2) is 9.07 Å². The van der Waals surface area contributed by atoms with Gasteiger partial charge in [0.15, 0.2) is 0 Å². The van der Waals surface area contributed by atoms with Crippen molar-refractivity contribution < 1.29 is 9.18 Å². The van der Waals surface area contributed by atoms with E-state index in [1.54, 1.807) is 23.0 Å². The lowest BCUT2D eigenvalue weighted by Gasteiger charge is -2.20. The number of benzene rings is 1. The maximum absolute atomic E-state index is 13.1. The zero-order valence-corrected chi connectivity index (χ0v) is 14.2. The third-order valence-corrected chi connectivity index (χ3v) is 4.51. The minimum absolute atomic E-state index is 0.0375. The van der Waals surface area contributed by atoms with Crippen LogP contribution in [0.3, 0.4) is 0 Å². The summed E-state index contributed by atoms with van der Waals surface area (Å²) in [5.41, 5.74) is 2.28. The Balaban J connectivity index is 1.88. The molecule has 0 aliphatic carbocycles. The van der Waals surface area contributed by atoms with Gasteiger partial charge in [0.05, 0.1) is 23.1 Å². The van der Waals surface area contributed by atoms with E-state index in [0.29, 0.717) is 12.0 Å². The molecule has 1 aliphatic heterocycles. The van der Waals surface area contributed by atoms with E-state index in [4.69, 9.17) is 0 Å². The molecule has 128 valence electrons. The highest BCUT2D eigenvalue weighted by molar-refractivity contribution is 5.95. The lowest BCUT2D eigenvalue weighted by atomic mass is 10.1. The number of hydrogen-bond acceptors (Lipinski definition) is 3. The summed E-state index contributed by atoms with van der Waals surface area (Å²) in [5, 5.41) is 4.38. The molecule has 3 rings (SSSR count). The maximum Gasteiger partial charge on any atom is 0.257 e. The minimum atomic E-state index is -0.283. The number of aromatic nitrogens is 2. The van der Waals surface area contributed by atoms with Gasteiger partial charge in [0.1, 0.15) is 5.82 Å². The van der Waals surface area contributed by atoms with Crippen LogP contribution < -0.4 is 0 Å². The Morgan fingerprint density at radius 3 is 2.62 bits per heavy atom. The Bertz CT molecular complexity index is 710. The summed E-state index contributed by atoms with van der Waals surface area (Å²) in [6.45, 7) is 5.41. The number of carbonyl (C=O) groups excluding carboxylic acids is 1. The molecular weight excluding hydrogens is 307 g/mol. The number of amides is 1. The molecule has 2 aromatic rings. The fourth-order valence-corrected chi connectivity index (χ4v) is 3.12. The van der Waals surface area contributed by atoms with Gasteiger partial charge >= 0.3 is 0 Å². The van der Waals surface area contributed by atoms with Gasteiger partial charge in [0, 0.05) is 19.6 Å². The summed E-state index contributed by atoms with van der Waals surface area (Å²) in [6.07, 6.45) is 3.31. The highest BCUT2D eigenvalue weighted by Gasteiger charge is 2.23. The van der Waals surface area contributed by atoms with Gasteiger partial charge in [0.2, 0.25) is 0 Å². The molecule has 2 heterocycles. The summed E-state index contributed by atoms with van der Waals surface area (Å²) >= 11 is 0. The molecule has 0 radical (unpaired) electrons. The first-order chi connectivity index (χ1) is 11.6. The SMILES string of the molecule is CCc1c(C(=O)N2CCCN(C)CC2)cnn1-c1ccc(F)cc1. The summed E-state index contributed by atoms with van der Waals surface area (Å²) in [5.74, 6) is -0.246. The molecule has 1 aliphatic rings. The van der Waals surface area contributed by atoms with Gasteiger partial charge in [0.25, 0.3) is 5.91 Å². The molecule has 0 N–H and O–H groups in total. The summed E-state index contributed by atoms with van der Waals surface area (Å²) in [7, 11) is 2.08. The number of rotatable bonds is 3. The van der Waals surface area contributed by atoms with Crippen molar-refractivity contribution in [2.45, 2.75) is 19.8 Å². The first-order valence-electron chi connectivity index (χ1n) is 8.40. The number of carbonyl (C=O) groups is 1. The van der Waals surface area contributed by atoms with Gasteiger partial charge in [-0.15, -0.1) is 0 Å². The Morgan fingerprint density at radius 2 is 1.92 bits per heavy atom. The van der Waals surface area contributed by atoms with Crippen molar-refractivity contribution in [1.82, 2.24) is 19.6 Å². The van der Waals surface area contributed by atoms with Crippen LogP contribution in [0.1, 0.15) is 29.4 Å². The number of likely N-dealkylation sites (N-methyl/N-ethyl adjacent to an activating group) is 1. The first kappa shape index (κ1) is 16.6. The lowest BCUT2D eigenvalue weighted by molar-refractivity contribution is 0.0761. The van der Waals surface area contributed by atoms with Crippen LogP contribution in [0.15, 0.2) is 30.5 Å². The van der Waals surface area contributed by atoms with E-state index >= 15 is 0 Å². The van der Waals surface area contributed by atoms with Crippen molar-refractivity contribution in [3.63, 3.8) is 0 Å². The van der Waals surface area contributed by atoms with Crippen LogP contribution in [0.5, 0.6) is 0 Å². The molecule has 1 aromatic carbocycles. The van der Waals surface area contributed by atoms with E-state index in [1.807, 2.05) is 11.8 Å². The lowest BCUT2D eigenvalue weighted by Crippen LogP contribution is -2.34. The molecular formula is C18H23FN4O. The van der Waals surface area contributed by atoms with Gasteiger partial charge in [-0.1, -0.05) is 6.92 Å². The van der Waals surface area contributed by atoms with Gasteiger partial charge in [-0.3, -0.25) is 4.79 Å². The van der Waals surface area contributed by atoms with Crippen molar-refractivity contribution in [1.29, 1.82) is 0 Å². The Labute approximate surface area is 141 Å². The predicted molar refractivity (Wildman–Crippen MR) is 90.9 cm³/mol. The molecule has 0 bridgehead atoms. The summed E-state index contributed by atoms with van der Waals surface area (Å²) in [6, 6.07) is 6.17. The van der Waals surface area contributed by atoms with Crippen LogP contribution in [-0.2, 0) is 6.42 Å². The smallest absolute Gasteiger partial charge is 0.257 e. The van der Waals surface area contributed by atoms with Crippen molar-refractivity contribution in [3.05, 3.63) is 47.5 Å². The second-order valence-corrected chi connectivity index (χ2v) is 6.20. The Kier molecular flexibility index (Phi) is 4.94. The normalized spacial score (nSPS) is 16.2. The zero-order chi connectivity index (χ0) is 17.1. The molecule has 5 nitrogen and oxygen atoms in total. The third kappa shape index (κ3) is 3.33. The molecule has 6 heteroatoms. The topological polar surface area (TPSA) is 41.4 Å². The highest BCUT2D eigenvalue weighted by atomic mass is 19.1. The van der Waals surface area contributed by atoms with E-state index in [9.17, 15) is 9.18 Å². The van der Waals surface area contributed by atoms with E-state index in [-0.39, 0.29) is 11.7 Å². The Hall–Kier alpha value is -2.21. The summed E-state index contributed by atoms with van der Waals surface area (Å²) < 4.78 is 14.9. The highest BCUT2D eigenvalue weighted by Crippen LogP contribution is 2.18. The van der Waals surface area contributed by atoms with Crippen LogP contribution in [0, 0.1) is 5.82 Å². The number of nitrogens with zero attached hydrogens (tertiary/aromatic N) is 4. The molecule has 0 saturated carbocycles. The molecule has 1 saturated heterocycles. The molecule has 1 amide bonds. The van der Waals surface area contributed by atoms with E-state index in [0.717, 1.165) is 44.0 Å². The standard InChI is InChI=1S/C18H23FN4O/c1-3-17-16(18(24)22-10-4-9-21(2)11-12-22)13-20-23(17)15-7-5-14(19)6-8-15/h5-8,13H,3-4,9-12H2,1-2H3. The fraction of sp³-hybridized carbons (Fsp3) is 0.444. The average Bonchev–Trinajstić information content (AvgIpc) is 2.89. The van der Waals surface area contributed by atoms with Crippen LogP contribution in [0.4, 0.5) is 4.39 Å². The van der Waals surface area contributed by atoms with Crippen molar-refractivity contribution in [2.24, 2.45) is 0 Å². The average molecular weight is 330 g/mol. The predicted octanol–water partition coefficient (Wildman–Crippen LogP) is 2.35. The summed E-state index contributed by atoms with van der Waals surface area (Å²) in [4.78, 5) is 17.1. The second-order valence-electron chi connectivity index (χ2n) is 6.20. The van der Waals surface area contributed by atoms with Crippen LogP contribution in [0.2, 0.25) is 0 Å². The van der Waals surface area contributed by atoms with Crippen LogP contribution >= 0.6 is 0 Å². The first-order valence-corrected chi connectivity index (χ1v) is 8.40.